The Labute approximate surface area is 114 Å². The van der Waals surface area contributed by atoms with Crippen LogP contribution < -0.4 is 10.2 Å². The lowest BCUT2D eigenvalue weighted by atomic mass is 10.3. The lowest BCUT2D eigenvalue weighted by molar-refractivity contribution is 0.199. The van der Waals surface area contributed by atoms with Gasteiger partial charge in [0, 0.05) is 50.7 Å². The summed E-state index contributed by atoms with van der Waals surface area (Å²) < 4.78 is 4.96. The molecule has 6 heteroatoms. The van der Waals surface area contributed by atoms with Gasteiger partial charge in [0.25, 0.3) is 0 Å². The first-order valence-electron chi connectivity index (χ1n) is 6.57. The zero-order chi connectivity index (χ0) is 14.1. The summed E-state index contributed by atoms with van der Waals surface area (Å²) in [7, 11) is 1.68. The predicted molar refractivity (Wildman–Crippen MR) is 75.2 cm³/mol. The number of aromatic nitrogens is 2. The molecule has 2 N–H and O–H groups in total. The van der Waals surface area contributed by atoms with Crippen LogP contribution in [0.1, 0.15) is 19.4 Å². The Morgan fingerprint density at radius 1 is 1.37 bits per heavy atom. The van der Waals surface area contributed by atoms with E-state index < -0.39 is 0 Å². The van der Waals surface area contributed by atoms with Gasteiger partial charge in [-0.3, -0.25) is 0 Å². The Kier molecular flexibility index (Phi) is 7.32. The molecule has 0 aliphatic rings. The second-order valence-electron chi connectivity index (χ2n) is 4.57. The average Bonchev–Trinajstić information content (AvgIpc) is 2.41. The van der Waals surface area contributed by atoms with Gasteiger partial charge >= 0.3 is 0 Å². The summed E-state index contributed by atoms with van der Waals surface area (Å²) in [5, 5.41) is 12.3. The van der Waals surface area contributed by atoms with Crippen LogP contribution >= 0.6 is 0 Å². The van der Waals surface area contributed by atoms with Gasteiger partial charge in [-0.25, -0.2) is 9.97 Å². The van der Waals surface area contributed by atoms with E-state index in [0.717, 1.165) is 18.7 Å². The summed E-state index contributed by atoms with van der Waals surface area (Å²) in [4.78, 5) is 10.7. The Balaban J connectivity index is 2.54. The van der Waals surface area contributed by atoms with E-state index in [9.17, 15) is 0 Å². The first kappa shape index (κ1) is 15.8. The minimum Gasteiger partial charge on any atom is -0.395 e. The van der Waals surface area contributed by atoms with Crippen molar-refractivity contribution in [3.05, 3.63) is 18.0 Å². The van der Waals surface area contributed by atoms with E-state index in [1.807, 2.05) is 17.3 Å². The number of ether oxygens (including phenoxy) is 1. The van der Waals surface area contributed by atoms with Crippen molar-refractivity contribution >= 4 is 5.95 Å². The molecule has 0 aromatic carbocycles. The number of nitrogens with one attached hydrogen (secondary N) is 1. The summed E-state index contributed by atoms with van der Waals surface area (Å²) in [5.74, 6) is 0.657. The first-order valence-corrected chi connectivity index (χ1v) is 6.57. The molecule has 0 saturated heterocycles. The fourth-order valence-corrected chi connectivity index (χ4v) is 1.69. The highest BCUT2D eigenvalue weighted by molar-refractivity contribution is 5.31. The zero-order valence-electron chi connectivity index (χ0n) is 12.0. The molecule has 1 rings (SSSR count). The second kappa shape index (κ2) is 8.79. The van der Waals surface area contributed by atoms with Gasteiger partial charge in [-0.2, -0.15) is 0 Å². The van der Waals surface area contributed by atoms with Crippen LogP contribution in [0.5, 0.6) is 0 Å². The van der Waals surface area contributed by atoms with Gasteiger partial charge in [-0.05, 0) is 13.8 Å². The second-order valence-corrected chi connectivity index (χ2v) is 4.57. The van der Waals surface area contributed by atoms with Crippen molar-refractivity contribution in [3.8, 4) is 0 Å². The fourth-order valence-electron chi connectivity index (χ4n) is 1.69. The van der Waals surface area contributed by atoms with E-state index in [2.05, 4.69) is 29.1 Å². The highest BCUT2D eigenvalue weighted by Crippen LogP contribution is 2.10. The summed E-state index contributed by atoms with van der Waals surface area (Å²) in [6.07, 6.45) is 3.63. The molecule has 19 heavy (non-hydrogen) atoms. The molecule has 0 fully saturated rings. The molecule has 0 unspecified atom stereocenters. The van der Waals surface area contributed by atoms with Crippen LogP contribution in [0.25, 0.3) is 0 Å². The smallest absolute Gasteiger partial charge is 0.225 e. The number of anilines is 1. The summed E-state index contributed by atoms with van der Waals surface area (Å²) in [5.41, 5.74) is 1.03. The summed E-state index contributed by atoms with van der Waals surface area (Å²) >= 11 is 0. The van der Waals surface area contributed by atoms with Crippen LogP contribution in [0.3, 0.4) is 0 Å². The zero-order valence-corrected chi connectivity index (χ0v) is 12.0. The standard InChI is InChI=1S/C13H24N4O2/c1-11(2)17(5-6-18)13-15-9-12(10-16-13)8-14-4-7-19-3/h9-11,14,18H,4-8H2,1-3H3. The van der Waals surface area contributed by atoms with E-state index in [1.54, 1.807) is 7.11 Å². The van der Waals surface area contributed by atoms with Gasteiger partial charge in [0.15, 0.2) is 0 Å². The van der Waals surface area contributed by atoms with Crippen LogP contribution in [-0.2, 0) is 11.3 Å². The number of aliphatic hydroxyl groups excluding tert-OH is 1. The Hall–Kier alpha value is -1.24. The third-order valence-corrected chi connectivity index (χ3v) is 2.72. The first-order chi connectivity index (χ1) is 9.19. The highest BCUT2D eigenvalue weighted by Gasteiger charge is 2.12. The molecular formula is C13H24N4O2. The average molecular weight is 268 g/mol. The molecule has 0 amide bonds. The minimum atomic E-state index is 0.0991. The number of hydrogen-bond acceptors (Lipinski definition) is 6. The predicted octanol–water partition coefficient (Wildman–Crippen LogP) is 0.420. The normalized spacial score (nSPS) is 11.0. The molecule has 0 spiro atoms. The maximum Gasteiger partial charge on any atom is 0.225 e. The van der Waals surface area contributed by atoms with Crippen molar-refractivity contribution in [1.82, 2.24) is 15.3 Å². The molecule has 6 nitrogen and oxygen atoms in total. The van der Waals surface area contributed by atoms with Crippen LogP contribution in [0, 0.1) is 0 Å². The highest BCUT2D eigenvalue weighted by atomic mass is 16.5. The molecular weight excluding hydrogens is 244 g/mol. The van der Waals surface area contributed by atoms with Gasteiger partial charge in [-0.1, -0.05) is 0 Å². The SMILES string of the molecule is COCCNCc1cnc(N(CCO)C(C)C)nc1. The Morgan fingerprint density at radius 2 is 2.05 bits per heavy atom. The number of aliphatic hydroxyl groups is 1. The molecule has 0 aliphatic heterocycles. The third kappa shape index (κ3) is 5.50. The monoisotopic (exact) mass is 268 g/mol. The van der Waals surface area contributed by atoms with Crippen molar-refractivity contribution in [2.75, 3.05) is 38.3 Å². The van der Waals surface area contributed by atoms with E-state index >= 15 is 0 Å². The quantitative estimate of drug-likeness (QED) is 0.633. The minimum absolute atomic E-state index is 0.0991. The van der Waals surface area contributed by atoms with E-state index in [1.165, 1.54) is 0 Å². The maximum atomic E-state index is 9.05. The number of rotatable bonds is 9. The largest absolute Gasteiger partial charge is 0.395 e. The Bertz CT molecular complexity index is 343. The van der Waals surface area contributed by atoms with Gasteiger partial charge in [-0.15, -0.1) is 0 Å². The van der Waals surface area contributed by atoms with Crippen molar-refractivity contribution < 1.29 is 9.84 Å². The fraction of sp³-hybridized carbons (Fsp3) is 0.692. The molecule has 108 valence electrons. The molecule has 0 radical (unpaired) electrons. The lowest BCUT2D eigenvalue weighted by Gasteiger charge is -2.25. The van der Waals surface area contributed by atoms with Crippen molar-refractivity contribution in [3.63, 3.8) is 0 Å². The van der Waals surface area contributed by atoms with Crippen molar-refractivity contribution in [2.24, 2.45) is 0 Å². The molecule has 0 bridgehead atoms. The summed E-state index contributed by atoms with van der Waals surface area (Å²) in [6.45, 7) is 6.98. The van der Waals surface area contributed by atoms with Crippen LogP contribution in [0.4, 0.5) is 5.95 Å². The number of nitrogens with zero attached hydrogens (tertiary/aromatic N) is 3. The molecule has 1 heterocycles. The van der Waals surface area contributed by atoms with Gasteiger partial charge < -0.3 is 20.1 Å². The van der Waals surface area contributed by atoms with Gasteiger partial charge in [0.05, 0.1) is 13.2 Å². The number of hydrogen-bond donors (Lipinski definition) is 2. The summed E-state index contributed by atoms with van der Waals surface area (Å²) in [6, 6.07) is 0.262. The van der Waals surface area contributed by atoms with Gasteiger partial charge in [0.1, 0.15) is 0 Å². The topological polar surface area (TPSA) is 70.5 Å². The van der Waals surface area contributed by atoms with Crippen LogP contribution in [0.15, 0.2) is 12.4 Å². The van der Waals surface area contributed by atoms with E-state index in [0.29, 0.717) is 19.1 Å². The van der Waals surface area contributed by atoms with Crippen molar-refractivity contribution in [2.45, 2.75) is 26.4 Å². The number of methoxy groups -OCH3 is 1. The lowest BCUT2D eigenvalue weighted by Crippen LogP contribution is -2.34. The molecule has 0 saturated carbocycles. The van der Waals surface area contributed by atoms with E-state index in [-0.39, 0.29) is 12.6 Å². The molecule has 1 aromatic rings. The van der Waals surface area contributed by atoms with Crippen LogP contribution in [-0.4, -0.2) is 54.5 Å². The van der Waals surface area contributed by atoms with Crippen molar-refractivity contribution in [1.29, 1.82) is 0 Å². The van der Waals surface area contributed by atoms with Gasteiger partial charge in [0.2, 0.25) is 5.95 Å². The Morgan fingerprint density at radius 3 is 2.58 bits per heavy atom. The van der Waals surface area contributed by atoms with Crippen LogP contribution in [0.2, 0.25) is 0 Å². The molecule has 1 aromatic heterocycles. The van der Waals surface area contributed by atoms with E-state index in [4.69, 9.17) is 9.84 Å². The molecule has 0 aliphatic carbocycles. The maximum absolute atomic E-state index is 9.05. The molecule has 0 atom stereocenters. The third-order valence-electron chi connectivity index (χ3n) is 2.72.